The molecule has 0 aliphatic heterocycles. The number of hydrogen-bond acceptors (Lipinski definition) is 10. The summed E-state index contributed by atoms with van der Waals surface area (Å²) in [6.07, 6.45) is -0.783. The van der Waals surface area contributed by atoms with Crippen LogP contribution in [0.1, 0.15) is 37.2 Å². The zero-order valence-electron chi connectivity index (χ0n) is 16.3. The molecule has 152 valence electrons. The Bertz CT molecular complexity index is 976. The molecular formula is C18H19N5O5S. The Labute approximate surface area is 171 Å². The minimum Gasteiger partial charge on any atom is -0.449 e. The van der Waals surface area contributed by atoms with Crippen molar-refractivity contribution in [2.45, 2.75) is 45.8 Å². The average Bonchev–Trinajstić information content (AvgIpc) is 3.23. The van der Waals surface area contributed by atoms with Crippen molar-refractivity contribution in [3.8, 4) is 23.7 Å². The monoisotopic (exact) mass is 417 g/mol. The SMILES string of the molecule is Cc1oc(-c2csc(C[C@H](NC(=O)OC(C)(C)C)C(=O)OCC#N)n2)nc1C#N. The summed E-state index contributed by atoms with van der Waals surface area (Å²) in [4.78, 5) is 32.7. The summed E-state index contributed by atoms with van der Waals surface area (Å²) < 4.78 is 15.4. The molecule has 0 radical (unpaired) electrons. The quantitative estimate of drug-likeness (QED) is 0.699. The van der Waals surface area contributed by atoms with Gasteiger partial charge in [-0.1, -0.05) is 0 Å². The van der Waals surface area contributed by atoms with Gasteiger partial charge in [0.15, 0.2) is 12.3 Å². The molecule has 0 spiro atoms. The van der Waals surface area contributed by atoms with E-state index in [1.165, 1.54) is 11.3 Å². The van der Waals surface area contributed by atoms with Crippen molar-refractivity contribution in [1.82, 2.24) is 15.3 Å². The van der Waals surface area contributed by atoms with Gasteiger partial charge >= 0.3 is 12.1 Å². The molecule has 1 amide bonds. The number of carbonyl (C=O) groups is 2. The van der Waals surface area contributed by atoms with E-state index in [0.717, 1.165) is 0 Å². The van der Waals surface area contributed by atoms with Crippen LogP contribution in [0.4, 0.5) is 4.79 Å². The normalized spacial score (nSPS) is 11.8. The maximum absolute atomic E-state index is 12.2. The molecule has 0 fully saturated rings. The van der Waals surface area contributed by atoms with Gasteiger partial charge in [-0.05, 0) is 27.7 Å². The Hall–Kier alpha value is -3.44. The van der Waals surface area contributed by atoms with Crippen LogP contribution >= 0.6 is 11.3 Å². The number of ether oxygens (including phenoxy) is 2. The standard InChI is InChI=1S/C18H19N5O5S/c1-10-12(8-20)22-15(27-10)13-9-29-14(21-13)7-11(16(24)26-6-5-19)23-17(25)28-18(2,3)4/h9,11H,6-7H2,1-4H3,(H,23,25)/t11-/m0/s1. The van der Waals surface area contributed by atoms with Crippen LogP contribution in [0, 0.1) is 29.6 Å². The summed E-state index contributed by atoms with van der Waals surface area (Å²) in [7, 11) is 0. The highest BCUT2D eigenvalue weighted by molar-refractivity contribution is 7.09. The number of thiazole rings is 1. The van der Waals surface area contributed by atoms with E-state index in [2.05, 4.69) is 15.3 Å². The summed E-state index contributed by atoms with van der Waals surface area (Å²) in [5.41, 5.74) is -0.184. The van der Waals surface area contributed by atoms with Gasteiger partial charge in [-0.15, -0.1) is 11.3 Å². The molecule has 0 bridgehead atoms. The fourth-order valence-electron chi connectivity index (χ4n) is 2.13. The Balaban J connectivity index is 2.16. The molecule has 0 saturated heterocycles. The van der Waals surface area contributed by atoms with Gasteiger partial charge in [0.2, 0.25) is 5.89 Å². The van der Waals surface area contributed by atoms with Crippen molar-refractivity contribution in [3.63, 3.8) is 0 Å². The number of oxazole rings is 1. The van der Waals surface area contributed by atoms with Crippen LogP contribution in [0.3, 0.4) is 0 Å². The van der Waals surface area contributed by atoms with Crippen LogP contribution in [0.25, 0.3) is 11.6 Å². The van der Waals surface area contributed by atoms with E-state index in [4.69, 9.17) is 24.4 Å². The minimum absolute atomic E-state index is 0.0129. The average molecular weight is 417 g/mol. The second-order valence-electron chi connectivity index (χ2n) is 6.83. The number of nitriles is 2. The fourth-order valence-corrected chi connectivity index (χ4v) is 2.95. The molecule has 11 heteroatoms. The molecule has 1 atom stereocenters. The molecule has 10 nitrogen and oxygen atoms in total. The molecule has 0 aliphatic carbocycles. The summed E-state index contributed by atoms with van der Waals surface area (Å²) >= 11 is 1.22. The highest BCUT2D eigenvalue weighted by atomic mass is 32.1. The number of esters is 1. The van der Waals surface area contributed by atoms with E-state index in [0.29, 0.717) is 16.5 Å². The first-order valence-electron chi connectivity index (χ1n) is 8.48. The maximum Gasteiger partial charge on any atom is 0.408 e. The number of carbonyl (C=O) groups excluding carboxylic acids is 2. The van der Waals surface area contributed by atoms with Crippen LogP contribution in [0.5, 0.6) is 0 Å². The van der Waals surface area contributed by atoms with E-state index in [-0.39, 0.29) is 18.0 Å². The number of nitrogens with one attached hydrogen (secondary N) is 1. The summed E-state index contributed by atoms with van der Waals surface area (Å²) in [6, 6.07) is 2.52. The van der Waals surface area contributed by atoms with E-state index < -0.39 is 30.3 Å². The van der Waals surface area contributed by atoms with E-state index in [9.17, 15) is 9.59 Å². The number of aromatic nitrogens is 2. The summed E-state index contributed by atoms with van der Waals surface area (Å²) in [6.45, 7) is 6.25. The third-order valence-electron chi connectivity index (χ3n) is 3.31. The van der Waals surface area contributed by atoms with Crippen molar-refractivity contribution < 1.29 is 23.5 Å². The predicted octanol–water partition coefficient (Wildman–Crippen LogP) is 2.48. The molecule has 29 heavy (non-hydrogen) atoms. The number of hydrogen-bond donors (Lipinski definition) is 1. The molecule has 0 aromatic carbocycles. The lowest BCUT2D eigenvalue weighted by Gasteiger charge is -2.22. The number of rotatable bonds is 6. The third kappa shape index (κ3) is 6.30. The first kappa shape index (κ1) is 21.9. The van der Waals surface area contributed by atoms with Crippen molar-refractivity contribution in [2.24, 2.45) is 0 Å². The number of amides is 1. The van der Waals surface area contributed by atoms with Gasteiger partial charge < -0.3 is 19.2 Å². The second kappa shape index (κ2) is 9.17. The van der Waals surface area contributed by atoms with Crippen molar-refractivity contribution in [3.05, 3.63) is 21.8 Å². The van der Waals surface area contributed by atoms with Crippen LogP contribution in [0.15, 0.2) is 9.80 Å². The van der Waals surface area contributed by atoms with E-state index >= 15 is 0 Å². The van der Waals surface area contributed by atoms with Crippen molar-refractivity contribution in [2.75, 3.05) is 6.61 Å². The van der Waals surface area contributed by atoms with Crippen LogP contribution in [-0.4, -0.2) is 40.3 Å². The van der Waals surface area contributed by atoms with Gasteiger partial charge in [-0.25, -0.2) is 14.6 Å². The highest BCUT2D eigenvalue weighted by Crippen LogP contribution is 2.24. The van der Waals surface area contributed by atoms with Gasteiger partial charge in [0.25, 0.3) is 0 Å². The number of alkyl carbamates (subject to hydrolysis) is 1. The van der Waals surface area contributed by atoms with E-state index in [1.807, 2.05) is 6.07 Å². The van der Waals surface area contributed by atoms with Crippen molar-refractivity contribution in [1.29, 1.82) is 10.5 Å². The predicted molar refractivity (Wildman–Crippen MR) is 100 cm³/mol. The largest absolute Gasteiger partial charge is 0.449 e. The molecule has 2 aromatic heterocycles. The van der Waals surface area contributed by atoms with E-state index in [1.54, 1.807) is 39.1 Å². The Morgan fingerprint density at radius 2 is 2.07 bits per heavy atom. The number of aryl methyl sites for hydroxylation is 1. The zero-order valence-corrected chi connectivity index (χ0v) is 17.1. The Kier molecular flexibility index (Phi) is 6.91. The third-order valence-corrected chi connectivity index (χ3v) is 4.18. The van der Waals surface area contributed by atoms with Gasteiger partial charge in [0.05, 0.1) is 5.01 Å². The zero-order chi connectivity index (χ0) is 21.6. The van der Waals surface area contributed by atoms with Crippen molar-refractivity contribution >= 4 is 23.4 Å². The molecule has 0 saturated carbocycles. The Morgan fingerprint density at radius 1 is 1.34 bits per heavy atom. The van der Waals surface area contributed by atoms with Crippen LogP contribution < -0.4 is 5.32 Å². The molecule has 1 N–H and O–H groups in total. The Morgan fingerprint density at radius 3 is 2.66 bits per heavy atom. The first-order chi connectivity index (χ1) is 13.6. The fraction of sp³-hybridized carbons (Fsp3) is 0.444. The molecule has 2 heterocycles. The molecular weight excluding hydrogens is 398 g/mol. The van der Waals surface area contributed by atoms with Gasteiger partial charge in [0.1, 0.15) is 35.2 Å². The topological polar surface area (TPSA) is 151 Å². The van der Waals surface area contributed by atoms with Gasteiger partial charge in [0, 0.05) is 11.8 Å². The first-order valence-corrected chi connectivity index (χ1v) is 9.36. The van der Waals surface area contributed by atoms with Gasteiger partial charge in [-0.2, -0.15) is 15.5 Å². The number of nitrogens with zero attached hydrogens (tertiary/aromatic N) is 4. The minimum atomic E-state index is -1.10. The maximum atomic E-state index is 12.2. The lowest BCUT2D eigenvalue weighted by atomic mass is 10.2. The van der Waals surface area contributed by atoms with Crippen LogP contribution in [0.2, 0.25) is 0 Å². The smallest absolute Gasteiger partial charge is 0.408 e. The highest BCUT2D eigenvalue weighted by Gasteiger charge is 2.27. The molecule has 0 unspecified atom stereocenters. The molecule has 0 aliphatic rings. The lowest BCUT2D eigenvalue weighted by molar-refractivity contribution is -0.144. The summed E-state index contributed by atoms with van der Waals surface area (Å²) in [5.74, 6) is -0.222. The lowest BCUT2D eigenvalue weighted by Crippen LogP contribution is -2.45. The molecule has 2 rings (SSSR count). The second-order valence-corrected chi connectivity index (χ2v) is 7.77. The molecule has 2 aromatic rings. The van der Waals surface area contributed by atoms with Gasteiger partial charge in [-0.3, -0.25) is 0 Å². The summed E-state index contributed by atoms with van der Waals surface area (Å²) in [5, 5.41) is 22.2. The van der Waals surface area contributed by atoms with Crippen LogP contribution in [-0.2, 0) is 20.7 Å².